The predicted molar refractivity (Wildman–Crippen MR) is 272 cm³/mol. The normalized spacial score (nSPS) is 10.9. The van der Waals surface area contributed by atoms with Crippen molar-refractivity contribution in [3.63, 3.8) is 0 Å². The summed E-state index contributed by atoms with van der Waals surface area (Å²) in [7, 11) is 4.53. The Balaban J connectivity index is 0.000000503. The fourth-order valence-corrected chi connectivity index (χ4v) is 6.84. The van der Waals surface area contributed by atoms with E-state index < -0.39 is 0 Å². The van der Waals surface area contributed by atoms with Crippen LogP contribution in [0.25, 0.3) is 0 Å². The molecule has 3 rings (SSSR count). The SMILES string of the molecule is COc1cc(CNC(=O)CCCCC/C=C/C(C)C)ccc1O.COc1cc(CNC(=O)CCCCCC(C)C)ccc1O.COc1cc(CNC(=O)CCCCCCCC(C)C)ccc1O. The van der Waals surface area contributed by atoms with Crippen LogP contribution in [0, 0.1) is 17.8 Å². The first kappa shape index (κ1) is 59.6. The molecule has 0 aliphatic rings. The molecule has 0 aromatic heterocycles. The number of hydrogen-bond acceptors (Lipinski definition) is 9. The number of hydrogen-bond donors (Lipinski definition) is 6. The van der Waals surface area contributed by atoms with Crippen molar-refractivity contribution < 1.29 is 43.9 Å². The second-order valence-corrected chi connectivity index (χ2v) is 18.3. The quantitative estimate of drug-likeness (QED) is 0.0281. The van der Waals surface area contributed by atoms with E-state index >= 15 is 0 Å². The molecular weight excluding hydrogens is 847 g/mol. The molecule has 0 saturated heterocycles. The van der Waals surface area contributed by atoms with Gasteiger partial charge in [0.1, 0.15) is 0 Å². The second-order valence-electron chi connectivity index (χ2n) is 18.3. The highest BCUT2D eigenvalue weighted by Crippen LogP contribution is 2.28. The van der Waals surface area contributed by atoms with Crippen molar-refractivity contribution in [2.75, 3.05) is 21.3 Å². The third kappa shape index (κ3) is 30.5. The first-order valence-corrected chi connectivity index (χ1v) is 24.6. The largest absolute Gasteiger partial charge is 0.504 e. The molecule has 0 aliphatic carbocycles. The molecule has 0 saturated carbocycles. The van der Waals surface area contributed by atoms with E-state index in [-0.39, 0.29) is 35.0 Å². The van der Waals surface area contributed by atoms with E-state index in [2.05, 4.69) is 69.6 Å². The minimum absolute atomic E-state index is 0.0646. The summed E-state index contributed by atoms with van der Waals surface area (Å²) in [6.07, 6.45) is 22.0. The Bertz CT molecular complexity index is 1840. The average Bonchev–Trinajstić information content (AvgIpc) is 3.30. The van der Waals surface area contributed by atoms with Crippen molar-refractivity contribution in [2.45, 2.75) is 170 Å². The summed E-state index contributed by atoms with van der Waals surface area (Å²) in [5.74, 6) is 3.97. The van der Waals surface area contributed by atoms with Gasteiger partial charge in [0, 0.05) is 38.9 Å². The maximum Gasteiger partial charge on any atom is 0.220 e. The highest BCUT2D eigenvalue weighted by Gasteiger charge is 2.08. The number of nitrogens with one attached hydrogen (secondary N) is 3. The number of methoxy groups -OCH3 is 3. The Morgan fingerprint density at radius 3 is 1.12 bits per heavy atom. The van der Waals surface area contributed by atoms with Crippen LogP contribution in [0.4, 0.5) is 0 Å². The van der Waals surface area contributed by atoms with Crippen molar-refractivity contribution in [3.8, 4) is 34.5 Å². The lowest BCUT2D eigenvalue weighted by Crippen LogP contribution is -2.22. The van der Waals surface area contributed by atoms with E-state index in [0.29, 0.717) is 62.1 Å². The number of ether oxygens (including phenoxy) is 3. The molecule has 0 radical (unpaired) electrons. The second kappa shape index (κ2) is 36.7. The van der Waals surface area contributed by atoms with E-state index in [0.717, 1.165) is 79.9 Å². The number of benzene rings is 3. The molecule has 12 heteroatoms. The number of amides is 3. The molecule has 0 spiro atoms. The molecule has 12 nitrogen and oxygen atoms in total. The van der Waals surface area contributed by atoms with Crippen LogP contribution in [0.2, 0.25) is 0 Å². The van der Waals surface area contributed by atoms with Gasteiger partial charge >= 0.3 is 0 Å². The zero-order valence-electron chi connectivity index (χ0n) is 42.5. The third-order valence-electron chi connectivity index (χ3n) is 10.9. The van der Waals surface area contributed by atoms with Crippen molar-refractivity contribution >= 4 is 17.7 Å². The molecule has 6 N–H and O–H groups in total. The summed E-state index contributed by atoms with van der Waals surface area (Å²) >= 11 is 0. The summed E-state index contributed by atoms with van der Waals surface area (Å²) in [5, 5.41) is 37.3. The Morgan fingerprint density at radius 1 is 0.478 bits per heavy atom. The van der Waals surface area contributed by atoms with Gasteiger partial charge in [-0.3, -0.25) is 14.4 Å². The fourth-order valence-electron chi connectivity index (χ4n) is 6.84. The Kier molecular flexibility index (Phi) is 32.7. The lowest BCUT2D eigenvalue weighted by molar-refractivity contribution is -0.122. The predicted octanol–water partition coefficient (Wildman–Crippen LogP) is 12.2. The molecule has 0 bridgehead atoms. The molecular formula is C55H87N3O9. The topological polar surface area (TPSA) is 176 Å². The van der Waals surface area contributed by atoms with Crippen LogP contribution in [0.5, 0.6) is 34.5 Å². The zero-order valence-corrected chi connectivity index (χ0v) is 42.5. The van der Waals surface area contributed by atoms with Gasteiger partial charge in [-0.05, 0) is 103 Å². The lowest BCUT2D eigenvalue weighted by atomic mass is 10.0. The van der Waals surface area contributed by atoms with Gasteiger partial charge in [0.25, 0.3) is 0 Å². The van der Waals surface area contributed by atoms with Gasteiger partial charge in [0.05, 0.1) is 21.3 Å². The van der Waals surface area contributed by atoms with Gasteiger partial charge in [0.2, 0.25) is 17.7 Å². The standard InChI is InChI=1S/C19H31NO3.C19H29NO3.C17H27NO3/c2*1-15(2)9-7-5-4-6-8-10-19(22)20-14-16-11-12-17(21)18(13-16)23-3;1-13(2)7-5-4-6-8-17(20)18-12-14-9-10-15(19)16(11-14)21-3/h11-13,15,21H,4-10,14H2,1-3H3,(H,20,22);7,9,11-13,15,21H,4-6,8,10,14H2,1-3H3,(H,20,22);9-11,13,19H,4-8,12H2,1-3H3,(H,18,20)/b;9-7+;. The van der Waals surface area contributed by atoms with Crippen molar-refractivity contribution in [1.82, 2.24) is 16.0 Å². The van der Waals surface area contributed by atoms with Crippen molar-refractivity contribution in [3.05, 3.63) is 83.4 Å². The van der Waals surface area contributed by atoms with Crippen LogP contribution < -0.4 is 30.2 Å². The minimum Gasteiger partial charge on any atom is -0.504 e. The number of unbranched alkanes of at least 4 members (excludes halogenated alkanes) is 9. The maximum absolute atomic E-state index is 11.8. The Hall–Kier alpha value is -5.39. The number of phenols is 3. The van der Waals surface area contributed by atoms with Crippen LogP contribution in [0.15, 0.2) is 66.7 Å². The molecule has 0 fully saturated rings. The third-order valence-corrected chi connectivity index (χ3v) is 10.9. The molecule has 376 valence electrons. The lowest BCUT2D eigenvalue weighted by Gasteiger charge is -2.08. The smallest absolute Gasteiger partial charge is 0.220 e. The number of phenolic OH excluding ortho intramolecular Hbond substituents is 3. The molecule has 3 aromatic carbocycles. The van der Waals surface area contributed by atoms with Crippen molar-refractivity contribution in [2.24, 2.45) is 17.8 Å². The summed E-state index contributed by atoms with van der Waals surface area (Å²) in [6.45, 7) is 14.7. The molecule has 0 aliphatic heterocycles. The Labute approximate surface area is 403 Å². The van der Waals surface area contributed by atoms with Gasteiger partial charge in [-0.2, -0.15) is 0 Å². The van der Waals surface area contributed by atoms with E-state index in [4.69, 9.17) is 14.2 Å². The molecule has 3 amide bonds. The number of carbonyl (C=O) groups excluding carboxylic acids is 3. The van der Waals surface area contributed by atoms with Crippen LogP contribution >= 0.6 is 0 Å². The number of carbonyl (C=O) groups is 3. The first-order chi connectivity index (χ1) is 32.1. The monoisotopic (exact) mass is 934 g/mol. The summed E-state index contributed by atoms with van der Waals surface area (Å²) in [4.78, 5) is 35.4. The van der Waals surface area contributed by atoms with Crippen LogP contribution in [0.1, 0.15) is 167 Å². The minimum atomic E-state index is 0.0646. The highest BCUT2D eigenvalue weighted by molar-refractivity contribution is 5.76. The van der Waals surface area contributed by atoms with Crippen LogP contribution in [-0.4, -0.2) is 54.4 Å². The van der Waals surface area contributed by atoms with E-state index in [1.807, 2.05) is 0 Å². The van der Waals surface area contributed by atoms with Gasteiger partial charge in [-0.25, -0.2) is 0 Å². The van der Waals surface area contributed by atoms with E-state index in [1.54, 1.807) is 54.6 Å². The molecule has 0 atom stereocenters. The zero-order chi connectivity index (χ0) is 49.8. The average molecular weight is 934 g/mol. The summed E-state index contributed by atoms with van der Waals surface area (Å²) in [6, 6.07) is 15.3. The first-order valence-electron chi connectivity index (χ1n) is 24.6. The maximum atomic E-state index is 11.8. The molecule has 0 unspecified atom stereocenters. The summed E-state index contributed by atoms with van der Waals surface area (Å²) < 4.78 is 15.1. The Morgan fingerprint density at radius 2 is 0.791 bits per heavy atom. The highest BCUT2D eigenvalue weighted by atomic mass is 16.5. The number of rotatable bonds is 30. The number of allylic oxidation sites excluding steroid dienone is 2. The van der Waals surface area contributed by atoms with Gasteiger partial charge in [-0.15, -0.1) is 0 Å². The molecule has 3 aromatic rings. The van der Waals surface area contributed by atoms with E-state index in [9.17, 15) is 29.7 Å². The van der Waals surface area contributed by atoms with Crippen LogP contribution in [0.3, 0.4) is 0 Å². The molecule has 0 heterocycles. The fraction of sp³-hybridized carbons (Fsp3) is 0.582. The molecule has 67 heavy (non-hydrogen) atoms. The van der Waals surface area contributed by atoms with Crippen LogP contribution in [-0.2, 0) is 34.0 Å². The summed E-state index contributed by atoms with van der Waals surface area (Å²) in [5.41, 5.74) is 2.74. The van der Waals surface area contributed by atoms with E-state index in [1.165, 1.54) is 59.9 Å². The number of aromatic hydroxyl groups is 3. The van der Waals surface area contributed by atoms with Gasteiger partial charge in [-0.1, -0.05) is 130 Å². The van der Waals surface area contributed by atoms with Crippen molar-refractivity contribution in [1.29, 1.82) is 0 Å². The van der Waals surface area contributed by atoms with Gasteiger partial charge in [0.15, 0.2) is 34.5 Å². The van der Waals surface area contributed by atoms with Gasteiger partial charge < -0.3 is 45.5 Å².